The Morgan fingerprint density at radius 1 is 1.33 bits per heavy atom. The minimum absolute atomic E-state index is 0. The largest absolute Gasteiger partial charge is 4.00 e. The topological polar surface area (TPSA) is 23.8 Å². The predicted molar refractivity (Wildman–Crippen MR) is 54.9 cm³/mol. The Balaban J connectivity index is -0.0000000672. The Morgan fingerprint density at radius 3 is 2.07 bits per heavy atom. The molecule has 0 unspecified atom stereocenters. The summed E-state index contributed by atoms with van der Waals surface area (Å²) in [5.41, 5.74) is 8.05. The fourth-order valence-electron chi connectivity index (χ4n) is 0.874. The van der Waals surface area contributed by atoms with E-state index in [-0.39, 0.29) is 50.7 Å². The predicted octanol–water partition coefficient (Wildman–Crippen LogP) is -2.07. The first kappa shape index (κ1) is 24.9. The van der Waals surface area contributed by atoms with Gasteiger partial charge in [0.1, 0.15) is 0 Å². The summed E-state index contributed by atoms with van der Waals surface area (Å²) in [5, 5.41) is 0. The van der Waals surface area contributed by atoms with Gasteiger partial charge in [0.15, 0.2) is 0 Å². The summed E-state index contributed by atoms with van der Waals surface area (Å²) in [6.07, 6.45) is 11.8. The van der Waals surface area contributed by atoms with Crippen molar-refractivity contribution in [2.45, 2.75) is 39.5 Å². The van der Waals surface area contributed by atoms with E-state index in [1.54, 1.807) is 0 Å². The summed E-state index contributed by atoms with van der Waals surface area (Å²) in [6.45, 7) is 4.84. The van der Waals surface area contributed by atoms with Gasteiger partial charge in [0, 0.05) is 0 Å². The third-order valence-electron chi connectivity index (χ3n) is 1.65. The molecule has 0 amide bonds. The molecule has 0 saturated carbocycles. The van der Waals surface area contributed by atoms with Crippen molar-refractivity contribution in [2.24, 2.45) is 0 Å². The van der Waals surface area contributed by atoms with Crippen LogP contribution in [-0.4, -0.2) is 6.54 Å². The van der Waals surface area contributed by atoms with E-state index in [4.69, 9.17) is 5.73 Å². The van der Waals surface area contributed by atoms with Crippen LogP contribution in [0, 0.1) is 6.08 Å². The molecule has 1 aliphatic carbocycles. The molecule has 1 aliphatic rings. The molecular formula is C11H19Cl2HfN. The molecule has 0 saturated heterocycles. The maximum atomic E-state index is 6.71. The second-order valence-electron chi connectivity index (χ2n) is 2.96. The SMILES string of the molecule is CC1=CC[C-]=C1.CCCCC[NH-].[Cl-].[Cl-].[Hf+4]. The molecule has 1 N–H and O–H groups in total. The fraction of sp³-hybridized carbons (Fsp3) is 0.636. The first-order valence-electron chi connectivity index (χ1n) is 4.69. The molecule has 0 aromatic rings. The van der Waals surface area contributed by atoms with Gasteiger partial charge in [0.05, 0.1) is 0 Å². The van der Waals surface area contributed by atoms with Gasteiger partial charge in [-0.2, -0.15) is 12.6 Å². The quantitative estimate of drug-likeness (QED) is 0.288. The molecule has 4 heteroatoms. The fourth-order valence-corrected chi connectivity index (χ4v) is 0.874. The van der Waals surface area contributed by atoms with Crippen LogP contribution < -0.4 is 24.8 Å². The van der Waals surface area contributed by atoms with E-state index < -0.39 is 0 Å². The second-order valence-corrected chi connectivity index (χ2v) is 2.96. The van der Waals surface area contributed by atoms with Gasteiger partial charge in [-0.15, -0.1) is 13.3 Å². The van der Waals surface area contributed by atoms with Crippen molar-refractivity contribution in [1.82, 2.24) is 0 Å². The smallest absolute Gasteiger partial charge is 1.00 e. The Labute approximate surface area is 126 Å². The number of hydrogen-bond acceptors (Lipinski definition) is 0. The molecule has 0 aromatic heterocycles. The molecule has 0 aromatic carbocycles. The van der Waals surface area contributed by atoms with Crippen molar-refractivity contribution < 1.29 is 50.7 Å². The zero-order valence-electron chi connectivity index (χ0n) is 9.45. The van der Waals surface area contributed by atoms with Crippen molar-refractivity contribution in [1.29, 1.82) is 0 Å². The van der Waals surface area contributed by atoms with Gasteiger partial charge in [0.2, 0.25) is 0 Å². The number of unbranched alkanes of at least 4 members (excludes halogenated alkanes) is 2. The molecule has 0 spiro atoms. The van der Waals surface area contributed by atoms with E-state index >= 15 is 0 Å². The van der Waals surface area contributed by atoms with E-state index in [2.05, 4.69) is 26.0 Å². The second kappa shape index (κ2) is 20.3. The average Bonchev–Trinajstić information content (AvgIpc) is 2.53. The van der Waals surface area contributed by atoms with E-state index in [0.29, 0.717) is 6.54 Å². The first-order chi connectivity index (χ1) is 5.81. The van der Waals surface area contributed by atoms with Crippen molar-refractivity contribution in [3.63, 3.8) is 0 Å². The van der Waals surface area contributed by atoms with Crippen LogP contribution in [-0.2, 0) is 25.8 Å². The first-order valence-corrected chi connectivity index (χ1v) is 4.69. The Kier molecular flexibility index (Phi) is 33.8. The summed E-state index contributed by atoms with van der Waals surface area (Å²) in [7, 11) is 0. The van der Waals surface area contributed by atoms with Gasteiger partial charge >= 0.3 is 25.8 Å². The molecule has 0 bridgehead atoms. The maximum absolute atomic E-state index is 6.71. The van der Waals surface area contributed by atoms with Gasteiger partial charge in [-0.1, -0.05) is 26.2 Å². The summed E-state index contributed by atoms with van der Waals surface area (Å²) in [6, 6.07) is 0. The molecule has 0 aliphatic heterocycles. The zero-order chi connectivity index (χ0) is 9.23. The molecular weight excluding hydrogens is 396 g/mol. The number of hydrogen-bond donors (Lipinski definition) is 0. The Morgan fingerprint density at radius 2 is 1.93 bits per heavy atom. The zero-order valence-corrected chi connectivity index (χ0v) is 14.6. The van der Waals surface area contributed by atoms with E-state index in [9.17, 15) is 0 Å². The third kappa shape index (κ3) is 20.9. The van der Waals surface area contributed by atoms with Crippen LogP contribution in [0.1, 0.15) is 39.5 Å². The van der Waals surface area contributed by atoms with Crippen LogP contribution in [0.4, 0.5) is 0 Å². The number of halogens is 2. The minimum atomic E-state index is 0. The summed E-state index contributed by atoms with van der Waals surface area (Å²) >= 11 is 0. The molecule has 0 fully saturated rings. The summed E-state index contributed by atoms with van der Waals surface area (Å²) < 4.78 is 0. The van der Waals surface area contributed by atoms with Crippen LogP contribution in [0.3, 0.4) is 0 Å². The molecule has 15 heavy (non-hydrogen) atoms. The van der Waals surface area contributed by atoms with Crippen molar-refractivity contribution >= 4 is 0 Å². The molecule has 0 atom stereocenters. The maximum Gasteiger partial charge on any atom is 4.00 e. The standard InChI is InChI=1S/C6H7.C5H12N.2ClH.Hf/c1-6-4-2-3-5-6;1-2-3-4-5-6;;;/h4-5H,2H2,1H3;6H,2-5H2,1H3;2*1H;/q2*-1;;;+4/p-2. The van der Waals surface area contributed by atoms with Crippen LogP contribution in [0.25, 0.3) is 5.73 Å². The molecule has 0 heterocycles. The molecule has 86 valence electrons. The minimum Gasteiger partial charge on any atom is -1.00 e. The molecule has 0 radical (unpaired) electrons. The van der Waals surface area contributed by atoms with Crippen LogP contribution in [0.5, 0.6) is 0 Å². The summed E-state index contributed by atoms with van der Waals surface area (Å²) in [4.78, 5) is 0. The third-order valence-corrected chi connectivity index (χ3v) is 1.65. The summed E-state index contributed by atoms with van der Waals surface area (Å²) in [5.74, 6) is 0. The number of nitrogens with one attached hydrogen (secondary N) is 1. The number of allylic oxidation sites excluding steroid dienone is 4. The van der Waals surface area contributed by atoms with E-state index in [1.165, 1.54) is 18.4 Å². The number of rotatable bonds is 3. The van der Waals surface area contributed by atoms with Crippen molar-refractivity contribution in [2.75, 3.05) is 6.54 Å². The normalized spacial score (nSPS) is 11.0. The van der Waals surface area contributed by atoms with Gasteiger partial charge < -0.3 is 30.5 Å². The van der Waals surface area contributed by atoms with Crippen LogP contribution in [0.15, 0.2) is 17.7 Å². The Bertz CT molecular complexity index is 152. The average molecular weight is 415 g/mol. The Hall–Kier alpha value is 0.890. The van der Waals surface area contributed by atoms with Crippen LogP contribution in [0.2, 0.25) is 0 Å². The van der Waals surface area contributed by atoms with Gasteiger partial charge in [-0.05, 0) is 0 Å². The van der Waals surface area contributed by atoms with Gasteiger partial charge in [0.25, 0.3) is 0 Å². The van der Waals surface area contributed by atoms with E-state index in [1.807, 2.05) is 6.08 Å². The van der Waals surface area contributed by atoms with Crippen molar-refractivity contribution in [3.05, 3.63) is 29.5 Å². The molecule has 1 nitrogen and oxygen atoms in total. The van der Waals surface area contributed by atoms with Gasteiger partial charge in [-0.3, -0.25) is 6.08 Å². The van der Waals surface area contributed by atoms with Crippen molar-refractivity contribution in [3.8, 4) is 0 Å². The van der Waals surface area contributed by atoms with Gasteiger partial charge in [-0.25, -0.2) is 11.6 Å². The van der Waals surface area contributed by atoms with E-state index in [0.717, 1.165) is 12.8 Å². The molecule has 1 rings (SSSR count). The monoisotopic (exact) mass is 415 g/mol. The van der Waals surface area contributed by atoms with Crippen LogP contribution >= 0.6 is 0 Å².